The molecule has 3 aliphatic heterocycles. The van der Waals surface area contributed by atoms with Crippen molar-refractivity contribution >= 4 is 5.91 Å². The van der Waals surface area contributed by atoms with Crippen molar-refractivity contribution < 1.29 is 36.9 Å². The van der Waals surface area contributed by atoms with E-state index in [1.54, 1.807) is 18.1 Å². The van der Waals surface area contributed by atoms with Gasteiger partial charge in [0, 0.05) is 45.5 Å². The Labute approximate surface area is 196 Å². The van der Waals surface area contributed by atoms with Crippen LogP contribution < -0.4 is 10.1 Å². The SMILES string of the molecule is COC1COCCC1N[C@@H]1C[C@H]2OCC[C@@]2(C(=O)N2CCc3ccc(OC(F)(F)F)cc3C2)C1. The number of rotatable bonds is 5. The Bertz CT molecular complexity index is 913. The molecule has 0 radical (unpaired) electrons. The summed E-state index contributed by atoms with van der Waals surface area (Å²) in [5, 5.41) is 3.70. The van der Waals surface area contributed by atoms with Gasteiger partial charge < -0.3 is 29.2 Å². The van der Waals surface area contributed by atoms with E-state index in [9.17, 15) is 18.0 Å². The first-order valence-electron chi connectivity index (χ1n) is 11.9. The predicted octanol–water partition coefficient (Wildman–Crippen LogP) is 2.80. The molecule has 2 unspecified atom stereocenters. The molecule has 4 aliphatic rings. The van der Waals surface area contributed by atoms with Crippen molar-refractivity contribution in [2.45, 2.75) is 69.3 Å². The van der Waals surface area contributed by atoms with Crippen molar-refractivity contribution in [3.8, 4) is 5.75 Å². The molecule has 1 saturated carbocycles. The average molecular weight is 485 g/mol. The highest BCUT2D eigenvalue weighted by molar-refractivity contribution is 5.84. The van der Waals surface area contributed by atoms with Gasteiger partial charge in [0.15, 0.2) is 0 Å². The highest BCUT2D eigenvalue weighted by atomic mass is 19.4. The molecule has 1 aromatic rings. The fraction of sp³-hybridized carbons (Fsp3) is 0.708. The molecule has 3 fully saturated rings. The second-order valence-electron chi connectivity index (χ2n) is 9.77. The van der Waals surface area contributed by atoms with E-state index in [2.05, 4.69) is 10.1 Å². The number of amides is 1. The number of carbonyl (C=O) groups excluding carboxylic acids is 1. The lowest BCUT2D eigenvalue weighted by molar-refractivity contribution is -0.274. The predicted molar refractivity (Wildman–Crippen MR) is 115 cm³/mol. The second kappa shape index (κ2) is 9.29. The molecular formula is C24H31F3N2O5. The molecule has 1 amide bonds. The van der Waals surface area contributed by atoms with Crippen molar-refractivity contribution in [1.29, 1.82) is 0 Å². The molecule has 1 aliphatic carbocycles. The molecule has 3 heterocycles. The standard InChI is InChI=1S/C24H31F3N2O5/c1-31-20-14-32-8-5-19(20)28-17-11-21-23(12-17,6-9-33-21)22(30)29-7-4-15-2-3-18(10-16(15)13-29)34-24(25,26)27/h2-3,10,17,19-21,28H,4-9,11-14H2,1H3/t17-,19?,20?,21-,23-/m1/s1. The summed E-state index contributed by atoms with van der Waals surface area (Å²) in [6, 6.07) is 4.70. The summed E-state index contributed by atoms with van der Waals surface area (Å²) in [6.45, 7) is 2.61. The summed E-state index contributed by atoms with van der Waals surface area (Å²) in [5.74, 6) is -0.211. The molecule has 2 saturated heterocycles. The van der Waals surface area contributed by atoms with Crippen LogP contribution in [-0.2, 0) is 32.0 Å². The van der Waals surface area contributed by atoms with Crippen molar-refractivity contribution in [2.75, 3.05) is 33.5 Å². The van der Waals surface area contributed by atoms with Crippen LogP contribution in [0.3, 0.4) is 0 Å². The highest BCUT2D eigenvalue weighted by Gasteiger charge is 2.58. The summed E-state index contributed by atoms with van der Waals surface area (Å²) in [7, 11) is 1.69. The number of methoxy groups -OCH3 is 1. The number of hydrogen-bond donors (Lipinski definition) is 1. The van der Waals surface area contributed by atoms with E-state index in [0.717, 1.165) is 18.4 Å². The first-order chi connectivity index (χ1) is 16.3. The van der Waals surface area contributed by atoms with Crippen LogP contribution in [-0.4, -0.2) is 74.9 Å². The Morgan fingerprint density at radius 1 is 1.26 bits per heavy atom. The van der Waals surface area contributed by atoms with E-state index in [0.29, 0.717) is 51.2 Å². The molecule has 1 aromatic carbocycles. The van der Waals surface area contributed by atoms with Crippen LogP contribution in [0, 0.1) is 5.41 Å². The van der Waals surface area contributed by atoms with Gasteiger partial charge >= 0.3 is 6.36 Å². The van der Waals surface area contributed by atoms with E-state index in [-0.39, 0.29) is 42.5 Å². The maximum atomic E-state index is 13.8. The van der Waals surface area contributed by atoms with Crippen LogP contribution in [0.1, 0.15) is 36.8 Å². The molecule has 188 valence electrons. The Morgan fingerprint density at radius 3 is 2.91 bits per heavy atom. The molecule has 1 N–H and O–H groups in total. The average Bonchev–Trinajstić information content (AvgIpc) is 3.35. The summed E-state index contributed by atoms with van der Waals surface area (Å²) in [6.07, 6.45) is -1.35. The Morgan fingerprint density at radius 2 is 2.12 bits per heavy atom. The second-order valence-corrected chi connectivity index (χ2v) is 9.77. The molecule has 0 bridgehead atoms. The Balaban J connectivity index is 1.29. The molecule has 34 heavy (non-hydrogen) atoms. The number of halogens is 3. The van der Waals surface area contributed by atoms with Crippen molar-refractivity contribution in [1.82, 2.24) is 10.2 Å². The molecule has 0 aromatic heterocycles. The number of nitrogens with zero attached hydrogens (tertiary/aromatic N) is 1. The van der Waals surface area contributed by atoms with Crippen LogP contribution in [0.5, 0.6) is 5.75 Å². The summed E-state index contributed by atoms with van der Waals surface area (Å²) in [4.78, 5) is 15.6. The molecule has 0 spiro atoms. The maximum Gasteiger partial charge on any atom is 0.573 e. The molecular weight excluding hydrogens is 453 g/mol. The van der Waals surface area contributed by atoms with Crippen LogP contribution in [0.25, 0.3) is 0 Å². The summed E-state index contributed by atoms with van der Waals surface area (Å²) < 4.78 is 59.2. The van der Waals surface area contributed by atoms with E-state index >= 15 is 0 Å². The van der Waals surface area contributed by atoms with Gasteiger partial charge in [0.25, 0.3) is 0 Å². The maximum absolute atomic E-state index is 13.8. The van der Waals surface area contributed by atoms with Gasteiger partial charge in [0.05, 0.1) is 24.2 Å². The number of benzene rings is 1. The van der Waals surface area contributed by atoms with Crippen LogP contribution in [0.2, 0.25) is 0 Å². The number of hydrogen-bond acceptors (Lipinski definition) is 6. The lowest BCUT2D eigenvalue weighted by atomic mass is 9.80. The van der Waals surface area contributed by atoms with Gasteiger partial charge in [-0.05, 0) is 55.4 Å². The van der Waals surface area contributed by atoms with E-state index in [4.69, 9.17) is 14.2 Å². The molecule has 5 rings (SSSR count). The van der Waals surface area contributed by atoms with Crippen LogP contribution in [0.4, 0.5) is 13.2 Å². The zero-order valence-corrected chi connectivity index (χ0v) is 19.2. The van der Waals surface area contributed by atoms with Crippen molar-refractivity contribution in [2.24, 2.45) is 5.41 Å². The normalized spacial score (nSPS) is 33.5. The number of fused-ring (bicyclic) bond motifs is 2. The highest BCUT2D eigenvalue weighted by Crippen LogP contribution is 2.49. The minimum atomic E-state index is -4.75. The largest absolute Gasteiger partial charge is 0.573 e. The fourth-order valence-electron chi connectivity index (χ4n) is 6.13. The van der Waals surface area contributed by atoms with Gasteiger partial charge in [-0.2, -0.15) is 0 Å². The third kappa shape index (κ3) is 4.65. The number of ether oxygens (including phenoxy) is 4. The fourth-order valence-corrected chi connectivity index (χ4v) is 6.13. The Kier molecular flexibility index (Phi) is 6.52. The lowest BCUT2D eigenvalue weighted by Gasteiger charge is -2.37. The third-order valence-corrected chi connectivity index (χ3v) is 7.79. The van der Waals surface area contributed by atoms with E-state index < -0.39 is 11.8 Å². The minimum absolute atomic E-state index is 0.0199. The van der Waals surface area contributed by atoms with Gasteiger partial charge in [-0.25, -0.2) is 0 Å². The monoisotopic (exact) mass is 484 g/mol. The van der Waals surface area contributed by atoms with Crippen molar-refractivity contribution in [3.05, 3.63) is 29.3 Å². The van der Waals surface area contributed by atoms with Gasteiger partial charge in [0.2, 0.25) is 5.91 Å². The zero-order valence-electron chi connectivity index (χ0n) is 19.2. The summed E-state index contributed by atoms with van der Waals surface area (Å²) >= 11 is 0. The molecule has 7 nitrogen and oxygen atoms in total. The van der Waals surface area contributed by atoms with E-state index in [1.807, 2.05) is 0 Å². The van der Waals surface area contributed by atoms with Crippen LogP contribution in [0.15, 0.2) is 18.2 Å². The van der Waals surface area contributed by atoms with Crippen LogP contribution >= 0.6 is 0 Å². The van der Waals surface area contributed by atoms with Gasteiger partial charge in [-0.1, -0.05) is 6.07 Å². The molecule has 5 atom stereocenters. The Hall–Kier alpha value is -1.88. The van der Waals surface area contributed by atoms with Crippen molar-refractivity contribution in [3.63, 3.8) is 0 Å². The van der Waals surface area contributed by atoms with Gasteiger partial charge in [-0.3, -0.25) is 4.79 Å². The smallest absolute Gasteiger partial charge is 0.406 e. The zero-order chi connectivity index (χ0) is 23.9. The number of nitrogens with one attached hydrogen (secondary N) is 1. The first-order valence-corrected chi connectivity index (χ1v) is 11.9. The molecule has 10 heteroatoms. The van der Waals surface area contributed by atoms with Gasteiger partial charge in [0.1, 0.15) is 5.75 Å². The quantitative estimate of drug-likeness (QED) is 0.694. The van der Waals surface area contributed by atoms with E-state index in [1.165, 1.54) is 12.1 Å². The first kappa shape index (κ1) is 23.8. The third-order valence-electron chi connectivity index (χ3n) is 7.79. The van der Waals surface area contributed by atoms with Gasteiger partial charge in [-0.15, -0.1) is 13.2 Å². The summed E-state index contributed by atoms with van der Waals surface area (Å²) in [5.41, 5.74) is 1.06. The minimum Gasteiger partial charge on any atom is -0.406 e. The number of alkyl halides is 3. The topological polar surface area (TPSA) is 69.3 Å². The number of carbonyl (C=O) groups is 1. The lowest BCUT2D eigenvalue weighted by Crippen LogP contribution is -2.51.